The first-order valence-corrected chi connectivity index (χ1v) is 10.8. The van der Waals surface area contributed by atoms with E-state index in [9.17, 15) is 20.1 Å². The highest BCUT2D eigenvalue weighted by Gasteiger charge is 2.73. The molecule has 6 nitrogen and oxygen atoms in total. The fourth-order valence-electron chi connectivity index (χ4n) is 6.63. The van der Waals surface area contributed by atoms with E-state index in [-0.39, 0.29) is 36.2 Å². The zero-order valence-electron chi connectivity index (χ0n) is 16.6. The molecular weight excluding hydrogens is 370 g/mol. The number of ether oxygens (including phenoxy) is 1. The first-order valence-electron chi connectivity index (χ1n) is 10.8. The zero-order chi connectivity index (χ0) is 20.1. The van der Waals surface area contributed by atoms with Gasteiger partial charge in [-0.05, 0) is 49.8 Å². The van der Waals surface area contributed by atoms with Crippen molar-refractivity contribution in [1.82, 2.24) is 4.90 Å². The number of piperidine rings is 1. The Kier molecular flexibility index (Phi) is 3.40. The van der Waals surface area contributed by atoms with Gasteiger partial charge in [0.25, 0.3) is 0 Å². The van der Waals surface area contributed by atoms with Crippen LogP contribution >= 0.6 is 0 Å². The van der Waals surface area contributed by atoms with E-state index in [1.165, 1.54) is 12.8 Å². The van der Waals surface area contributed by atoms with Gasteiger partial charge in [-0.1, -0.05) is 13.0 Å². The Bertz CT molecular complexity index is 966. The monoisotopic (exact) mass is 397 g/mol. The van der Waals surface area contributed by atoms with Crippen LogP contribution in [-0.4, -0.2) is 56.8 Å². The largest absolute Gasteiger partial charge is 0.508 e. The summed E-state index contributed by atoms with van der Waals surface area (Å²) >= 11 is 0. The average molecular weight is 397 g/mol. The minimum absolute atomic E-state index is 0.0323. The lowest BCUT2D eigenvalue weighted by Crippen LogP contribution is -2.75. The SMILES string of the molecule is CCC(=O)C1=C(O)[C@@H]2Oc3c(O)ccc4c3[C@@]23CCN(CC2CC2)[C@H](C4)[C@]3(O)C1. The number of aliphatic hydroxyl groups is 2. The van der Waals surface area contributed by atoms with Crippen LogP contribution < -0.4 is 4.74 Å². The standard InChI is InChI=1S/C23H27NO5/c1-2-15(25)14-10-23(28)17-9-13-5-6-16(26)20-18(13)22(23,21(29-20)19(14)27)7-8-24(17)11-12-3-4-12/h5-6,12,17,21,26-28H,2-4,7-11H2,1H3/t17-,21+,22+,23-/m1/s1. The fourth-order valence-corrected chi connectivity index (χ4v) is 6.63. The molecule has 2 bridgehead atoms. The van der Waals surface area contributed by atoms with Gasteiger partial charge in [-0.2, -0.15) is 0 Å². The molecule has 2 aliphatic heterocycles. The van der Waals surface area contributed by atoms with Crippen molar-refractivity contribution in [3.8, 4) is 11.5 Å². The quantitative estimate of drug-likeness (QED) is 0.723. The number of Topliss-reactive ketones (excluding diaryl/α,β-unsaturated/α-hetero) is 1. The van der Waals surface area contributed by atoms with Crippen LogP contribution in [0.25, 0.3) is 0 Å². The van der Waals surface area contributed by atoms with Gasteiger partial charge in [-0.25, -0.2) is 0 Å². The molecule has 2 heterocycles. The molecule has 0 radical (unpaired) electrons. The van der Waals surface area contributed by atoms with Crippen molar-refractivity contribution in [1.29, 1.82) is 0 Å². The van der Waals surface area contributed by atoms with Crippen LogP contribution in [0.4, 0.5) is 0 Å². The van der Waals surface area contributed by atoms with E-state index in [1.54, 1.807) is 13.0 Å². The number of hydrogen-bond donors (Lipinski definition) is 3. The molecule has 3 aliphatic carbocycles. The van der Waals surface area contributed by atoms with Crippen LogP contribution in [0.5, 0.6) is 11.5 Å². The maximum Gasteiger partial charge on any atom is 0.168 e. The minimum atomic E-state index is -1.21. The molecule has 0 unspecified atom stereocenters. The second-order valence-corrected chi connectivity index (χ2v) is 9.57. The molecule has 1 saturated carbocycles. The number of nitrogens with zero attached hydrogens (tertiary/aromatic N) is 1. The molecule has 5 aliphatic rings. The first kappa shape index (κ1) is 17.8. The van der Waals surface area contributed by atoms with Crippen molar-refractivity contribution < 1.29 is 24.9 Å². The maximum absolute atomic E-state index is 12.7. The molecule has 6 rings (SSSR count). The fraction of sp³-hybridized carbons (Fsp3) is 0.609. The number of ketones is 1. The van der Waals surface area contributed by atoms with Gasteiger partial charge in [-0.3, -0.25) is 9.69 Å². The molecule has 6 heteroatoms. The number of aromatic hydroxyl groups is 1. The average Bonchev–Trinajstić information content (AvgIpc) is 3.44. The summed E-state index contributed by atoms with van der Waals surface area (Å²) in [4.78, 5) is 15.1. The summed E-state index contributed by atoms with van der Waals surface area (Å²) < 4.78 is 6.15. The number of likely N-dealkylation sites (tertiary alicyclic amines) is 1. The second-order valence-electron chi connectivity index (χ2n) is 9.57. The third-order valence-corrected chi connectivity index (χ3v) is 8.17. The maximum atomic E-state index is 12.7. The number of phenols is 1. The van der Waals surface area contributed by atoms with Crippen molar-refractivity contribution in [2.75, 3.05) is 13.1 Å². The Hall–Kier alpha value is -2.05. The van der Waals surface area contributed by atoms with Crippen LogP contribution in [0.3, 0.4) is 0 Å². The molecule has 3 N–H and O–H groups in total. The van der Waals surface area contributed by atoms with Crippen LogP contribution in [-0.2, 0) is 16.6 Å². The number of phenolic OH excluding ortho intramolecular Hbond substituents is 1. The van der Waals surface area contributed by atoms with Crippen LogP contribution in [0, 0.1) is 5.92 Å². The van der Waals surface area contributed by atoms with Crippen molar-refractivity contribution in [3.63, 3.8) is 0 Å². The summed E-state index contributed by atoms with van der Waals surface area (Å²) in [5.74, 6) is 0.900. The number of carbonyl (C=O) groups is 1. The van der Waals surface area contributed by atoms with E-state index in [0.29, 0.717) is 30.1 Å². The number of aliphatic hydroxyl groups excluding tert-OH is 1. The Balaban J connectivity index is 1.59. The van der Waals surface area contributed by atoms with Gasteiger partial charge in [0.15, 0.2) is 23.4 Å². The zero-order valence-corrected chi connectivity index (χ0v) is 16.6. The summed E-state index contributed by atoms with van der Waals surface area (Å²) in [6.07, 6.45) is 3.39. The lowest BCUT2D eigenvalue weighted by molar-refractivity contribution is -0.172. The molecule has 1 aromatic carbocycles. The van der Waals surface area contributed by atoms with Gasteiger partial charge in [0.2, 0.25) is 0 Å². The molecule has 0 aromatic heterocycles. The van der Waals surface area contributed by atoms with E-state index < -0.39 is 17.1 Å². The van der Waals surface area contributed by atoms with Gasteiger partial charge in [-0.15, -0.1) is 0 Å². The van der Waals surface area contributed by atoms with Gasteiger partial charge >= 0.3 is 0 Å². The third-order valence-electron chi connectivity index (χ3n) is 8.17. The molecule has 1 aromatic rings. The van der Waals surface area contributed by atoms with Crippen LogP contribution in [0.1, 0.15) is 50.2 Å². The summed E-state index contributed by atoms with van der Waals surface area (Å²) in [7, 11) is 0. The molecule has 1 spiro atoms. The number of carbonyl (C=O) groups excluding carboxylic acids is 1. The summed E-state index contributed by atoms with van der Waals surface area (Å²) in [5.41, 5.74) is 0.199. The molecule has 1 saturated heterocycles. The summed E-state index contributed by atoms with van der Waals surface area (Å²) in [6, 6.07) is 3.45. The lowest BCUT2D eigenvalue weighted by atomic mass is 9.49. The molecule has 4 atom stereocenters. The topological polar surface area (TPSA) is 90.2 Å². The Morgan fingerprint density at radius 2 is 2.10 bits per heavy atom. The molecule has 0 amide bonds. The molecule has 29 heavy (non-hydrogen) atoms. The summed E-state index contributed by atoms with van der Waals surface area (Å²) in [6.45, 7) is 3.57. The summed E-state index contributed by atoms with van der Waals surface area (Å²) in [5, 5.41) is 33.9. The van der Waals surface area contributed by atoms with E-state index in [2.05, 4.69) is 4.90 Å². The second kappa shape index (κ2) is 5.55. The van der Waals surface area contributed by atoms with Crippen molar-refractivity contribution in [3.05, 3.63) is 34.6 Å². The van der Waals surface area contributed by atoms with Gasteiger partial charge < -0.3 is 20.1 Å². The highest BCUT2D eigenvalue weighted by molar-refractivity contribution is 5.96. The number of rotatable bonds is 4. The smallest absolute Gasteiger partial charge is 0.168 e. The normalized spacial score (nSPS) is 37.3. The van der Waals surface area contributed by atoms with Crippen molar-refractivity contribution >= 4 is 5.78 Å². The number of hydrogen-bond acceptors (Lipinski definition) is 6. The first-order chi connectivity index (χ1) is 13.9. The Morgan fingerprint density at radius 1 is 1.31 bits per heavy atom. The predicted molar refractivity (Wildman–Crippen MR) is 105 cm³/mol. The highest BCUT2D eigenvalue weighted by Crippen LogP contribution is 2.66. The highest BCUT2D eigenvalue weighted by atomic mass is 16.5. The molecule has 2 fully saturated rings. The van der Waals surface area contributed by atoms with Crippen LogP contribution in [0.15, 0.2) is 23.5 Å². The van der Waals surface area contributed by atoms with Gasteiger partial charge in [0, 0.05) is 36.6 Å². The van der Waals surface area contributed by atoms with E-state index in [1.807, 2.05) is 6.07 Å². The van der Waals surface area contributed by atoms with E-state index in [4.69, 9.17) is 4.74 Å². The predicted octanol–water partition coefficient (Wildman–Crippen LogP) is 2.36. The number of benzene rings is 1. The van der Waals surface area contributed by atoms with E-state index >= 15 is 0 Å². The molecule has 154 valence electrons. The third kappa shape index (κ3) is 2.01. The van der Waals surface area contributed by atoms with Gasteiger partial charge in [0.05, 0.1) is 11.0 Å². The molecular formula is C23H27NO5. The van der Waals surface area contributed by atoms with Crippen LogP contribution in [0.2, 0.25) is 0 Å². The lowest BCUT2D eigenvalue weighted by Gasteiger charge is -2.62. The Labute approximate surface area is 169 Å². The van der Waals surface area contributed by atoms with Crippen molar-refractivity contribution in [2.24, 2.45) is 5.92 Å². The van der Waals surface area contributed by atoms with E-state index in [0.717, 1.165) is 24.2 Å². The van der Waals surface area contributed by atoms with Crippen molar-refractivity contribution in [2.45, 2.75) is 68.6 Å². The van der Waals surface area contributed by atoms with Gasteiger partial charge in [0.1, 0.15) is 5.76 Å². The Morgan fingerprint density at radius 3 is 2.83 bits per heavy atom. The minimum Gasteiger partial charge on any atom is -0.508 e.